The molecule has 11 nitrogen and oxygen atoms in total. The van der Waals surface area contributed by atoms with Crippen molar-refractivity contribution in [2.24, 2.45) is 0 Å². The maximum absolute atomic E-state index is 13.2. The second kappa shape index (κ2) is 11.0. The minimum absolute atomic E-state index is 0.00191. The Hall–Kier alpha value is -3.47. The molecule has 214 valence electrons. The average Bonchev–Trinajstić information content (AvgIpc) is 3.21. The Morgan fingerprint density at radius 3 is 2.41 bits per heavy atom. The van der Waals surface area contributed by atoms with Crippen LogP contribution in [0.2, 0.25) is 0 Å². The largest absolute Gasteiger partial charge is 0.423 e. The number of nitrogens with zero attached hydrogens (tertiary/aromatic N) is 5. The number of nitrogens with one attached hydrogen (secondary N) is 2. The average molecular weight is 565 g/mol. The van der Waals surface area contributed by atoms with Gasteiger partial charge in [0.2, 0.25) is 5.95 Å². The van der Waals surface area contributed by atoms with Gasteiger partial charge in [0.1, 0.15) is 11.7 Å². The van der Waals surface area contributed by atoms with Crippen LogP contribution >= 0.6 is 0 Å². The Kier molecular flexibility index (Phi) is 8.02. The minimum Gasteiger partial charge on any atom is -0.389 e. The van der Waals surface area contributed by atoms with E-state index in [9.17, 15) is 41.0 Å². The van der Waals surface area contributed by atoms with Crippen molar-refractivity contribution >= 4 is 17.5 Å². The van der Waals surface area contributed by atoms with Crippen molar-refractivity contribution < 1.29 is 41.0 Å². The third-order valence-electron chi connectivity index (χ3n) is 6.47. The van der Waals surface area contributed by atoms with Gasteiger partial charge in [0.25, 0.3) is 11.5 Å². The summed E-state index contributed by atoms with van der Waals surface area (Å²) in [4.78, 5) is 35.0. The zero-order chi connectivity index (χ0) is 28.5. The highest BCUT2D eigenvalue weighted by atomic mass is 19.4. The van der Waals surface area contributed by atoms with E-state index < -0.39 is 59.0 Å². The zero-order valence-corrected chi connectivity index (χ0v) is 20.5. The Balaban J connectivity index is 1.30. The molecular formula is C22H25F6N7O4. The van der Waals surface area contributed by atoms with Crippen molar-refractivity contribution in [3.63, 3.8) is 0 Å². The molecule has 4 heterocycles. The Morgan fingerprint density at radius 1 is 1.10 bits per heavy atom. The van der Waals surface area contributed by atoms with Crippen LogP contribution in [0.25, 0.3) is 0 Å². The number of carbonyl (C=O) groups excluding carboxylic acids is 1. The van der Waals surface area contributed by atoms with E-state index in [0.717, 1.165) is 6.20 Å². The molecule has 0 spiro atoms. The van der Waals surface area contributed by atoms with Gasteiger partial charge >= 0.3 is 12.4 Å². The number of carbonyl (C=O) groups is 1. The SMILES string of the molecule is C[C@@H](CO[C@@H]1CCN([C@H]2CCN(c3ncc(C(F)(F)F)cn3)C[C@@H]2O)C1=O)Nc1cn[nH]c(=O)c1C(F)(F)F. The molecule has 4 atom stereocenters. The lowest BCUT2D eigenvalue weighted by molar-refractivity contribution is -0.141. The molecule has 2 aliphatic rings. The first-order valence-corrected chi connectivity index (χ1v) is 11.9. The quantitative estimate of drug-likeness (QED) is 0.428. The van der Waals surface area contributed by atoms with Crippen LogP contribution in [0.5, 0.6) is 0 Å². The summed E-state index contributed by atoms with van der Waals surface area (Å²) in [5, 5.41) is 18.4. The van der Waals surface area contributed by atoms with Gasteiger partial charge in [-0.1, -0.05) is 0 Å². The number of aliphatic hydroxyl groups excluding tert-OH is 1. The molecule has 0 aromatic carbocycles. The number of amides is 1. The van der Waals surface area contributed by atoms with E-state index in [0.29, 0.717) is 25.2 Å². The molecule has 17 heteroatoms. The van der Waals surface area contributed by atoms with Crippen LogP contribution in [0.4, 0.5) is 38.0 Å². The third-order valence-corrected chi connectivity index (χ3v) is 6.47. The number of hydrogen-bond acceptors (Lipinski definition) is 9. The summed E-state index contributed by atoms with van der Waals surface area (Å²) in [6, 6.07) is -1.28. The van der Waals surface area contributed by atoms with E-state index in [2.05, 4.69) is 20.4 Å². The van der Waals surface area contributed by atoms with Crippen LogP contribution in [0.1, 0.15) is 30.9 Å². The fraction of sp³-hybridized carbons (Fsp3) is 0.591. The third kappa shape index (κ3) is 6.41. The second-order valence-electron chi connectivity index (χ2n) is 9.31. The van der Waals surface area contributed by atoms with E-state index in [1.165, 1.54) is 16.7 Å². The van der Waals surface area contributed by atoms with Gasteiger partial charge < -0.3 is 25.0 Å². The van der Waals surface area contributed by atoms with Gasteiger partial charge in [-0.25, -0.2) is 15.1 Å². The molecule has 2 aromatic heterocycles. The van der Waals surface area contributed by atoms with Crippen molar-refractivity contribution in [3.8, 4) is 0 Å². The summed E-state index contributed by atoms with van der Waals surface area (Å²) in [6.07, 6.45) is -8.62. The van der Waals surface area contributed by atoms with E-state index in [1.54, 1.807) is 5.10 Å². The normalized spacial score (nSPS) is 23.3. The van der Waals surface area contributed by atoms with E-state index in [1.807, 2.05) is 0 Å². The summed E-state index contributed by atoms with van der Waals surface area (Å²) in [5.41, 5.74) is -4.32. The van der Waals surface area contributed by atoms with Gasteiger partial charge in [0, 0.05) is 44.5 Å². The number of anilines is 2. The topological polar surface area (TPSA) is 137 Å². The molecule has 0 bridgehead atoms. The highest BCUT2D eigenvalue weighted by Gasteiger charge is 2.42. The molecule has 2 aliphatic heterocycles. The number of aliphatic hydroxyl groups is 1. The monoisotopic (exact) mass is 565 g/mol. The number of hydrogen-bond donors (Lipinski definition) is 3. The Bertz CT molecular complexity index is 1220. The second-order valence-corrected chi connectivity index (χ2v) is 9.31. The lowest BCUT2D eigenvalue weighted by Crippen LogP contribution is -2.55. The summed E-state index contributed by atoms with van der Waals surface area (Å²) < 4.78 is 83.6. The van der Waals surface area contributed by atoms with Gasteiger partial charge in [0.15, 0.2) is 0 Å². The number of aromatic nitrogens is 4. The molecule has 0 aliphatic carbocycles. The number of piperidine rings is 1. The van der Waals surface area contributed by atoms with Crippen LogP contribution in [0, 0.1) is 0 Å². The summed E-state index contributed by atoms with van der Waals surface area (Å²) in [7, 11) is 0. The number of ether oxygens (including phenoxy) is 1. The molecule has 0 saturated carbocycles. The number of rotatable bonds is 7. The Morgan fingerprint density at radius 2 is 1.79 bits per heavy atom. The first-order valence-electron chi connectivity index (χ1n) is 11.9. The van der Waals surface area contributed by atoms with Crippen LogP contribution in [-0.2, 0) is 21.9 Å². The van der Waals surface area contributed by atoms with Crippen molar-refractivity contribution in [1.29, 1.82) is 0 Å². The molecule has 0 unspecified atom stereocenters. The van der Waals surface area contributed by atoms with Crippen molar-refractivity contribution in [3.05, 3.63) is 40.1 Å². The number of alkyl halides is 6. The summed E-state index contributed by atoms with van der Waals surface area (Å²) in [5.74, 6) is -0.362. The zero-order valence-electron chi connectivity index (χ0n) is 20.5. The van der Waals surface area contributed by atoms with E-state index >= 15 is 0 Å². The predicted molar refractivity (Wildman–Crippen MR) is 123 cm³/mol. The first kappa shape index (κ1) is 28.5. The number of likely N-dealkylation sites (tertiary alicyclic amines) is 1. The van der Waals surface area contributed by atoms with Gasteiger partial charge in [0.05, 0.1) is 36.2 Å². The first-order chi connectivity index (χ1) is 18.3. The summed E-state index contributed by atoms with van der Waals surface area (Å²) in [6.45, 7) is 1.93. The molecule has 2 aromatic rings. The number of H-pyrrole nitrogens is 1. The standard InChI is InChI=1S/C22H25F6N7O4/c1-11(32-13-8-31-33-18(37)17(13)22(26,27)28)10-39-16-3-5-35(19(16)38)14-2-4-34(9-15(14)36)20-29-6-12(7-30-20)21(23,24)25/h6-8,11,14-16,36H,2-5,9-10H2,1H3,(H2,32,33,37)/t11-,14-,15-,16+/m0/s1. The van der Waals surface area contributed by atoms with Gasteiger partial charge in [-0.3, -0.25) is 9.59 Å². The lowest BCUT2D eigenvalue weighted by atomic mass is 10.0. The van der Waals surface area contributed by atoms with Gasteiger partial charge in [-0.05, 0) is 13.3 Å². The number of aromatic amines is 1. The van der Waals surface area contributed by atoms with Crippen molar-refractivity contribution in [2.75, 3.05) is 36.5 Å². The molecule has 3 N–H and O–H groups in total. The van der Waals surface area contributed by atoms with Gasteiger partial charge in [-0.2, -0.15) is 31.4 Å². The smallest absolute Gasteiger partial charge is 0.389 e. The number of halogens is 6. The minimum atomic E-state index is -4.91. The molecule has 4 rings (SSSR count). The molecule has 2 saturated heterocycles. The van der Waals surface area contributed by atoms with Crippen LogP contribution < -0.4 is 15.8 Å². The summed E-state index contributed by atoms with van der Waals surface area (Å²) >= 11 is 0. The van der Waals surface area contributed by atoms with Crippen LogP contribution in [-0.4, -0.2) is 86.6 Å². The molecule has 39 heavy (non-hydrogen) atoms. The Labute approximate surface area is 217 Å². The molecule has 0 radical (unpaired) electrons. The van der Waals surface area contributed by atoms with Gasteiger partial charge in [-0.15, -0.1) is 0 Å². The highest BCUT2D eigenvalue weighted by molar-refractivity contribution is 5.83. The van der Waals surface area contributed by atoms with Crippen molar-refractivity contribution in [2.45, 2.75) is 56.4 Å². The molecule has 1 amide bonds. The van der Waals surface area contributed by atoms with Crippen LogP contribution in [0.3, 0.4) is 0 Å². The molecule has 2 fully saturated rings. The maximum atomic E-state index is 13.2. The predicted octanol–water partition coefficient (Wildman–Crippen LogP) is 1.66. The van der Waals surface area contributed by atoms with E-state index in [4.69, 9.17) is 4.74 Å². The fourth-order valence-corrected chi connectivity index (χ4v) is 4.61. The van der Waals surface area contributed by atoms with Crippen molar-refractivity contribution in [1.82, 2.24) is 25.1 Å². The number of β-amino-alcohol motifs (C(OH)–C–C–N with tert-alkyl or cyclic N) is 1. The highest BCUT2D eigenvalue weighted by Crippen LogP contribution is 2.32. The van der Waals surface area contributed by atoms with Crippen LogP contribution in [0.15, 0.2) is 23.4 Å². The molecular weight excluding hydrogens is 540 g/mol. The fourth-order valence-electron chi connectivity index (χ4n) is 4.61. The van der Waals surface area contributed by atoms with E-state index in [-0.39, 0.29) is 38.1 Å². The maximum Gasteiger partial charge on any atom is 0.423 e. The lowest BCUT2D eigenvalue weighted by Gasteiger charge is -2.40.